The van der Waals surface area contributed by atoms with Crippen LogP contribution in [0.2, 0.25) is 0 Å². The van der Waals surface area contributed by atoms with Crippen molar-refractivity contribution in [3.05, 3.63) is 30.1 Å². The van der Waals surface area contributed by atoms with E-state index in [-0.39, 0.29) is 17.6 Å². The average Bonchev–Trinajstić information content (AvgIpc) is 2.45. The van der Waals surface area contributed by atoms with Crippen LogP contribution in [-0.4, -0.2) is 41.7 Å². The van der Waals surface area contributed by atoms with Gasteiger partial charge >= 0.3 is 6.09 Å². The molecular formula is C15H23N3O2. The van der Waals surface area contributed by atoms with Crippen molar-refractivity contribution in [2.45, 2.75) is 33.4 Å². The highest BCUT2D eigenvalue weighted by molar-refractivity contribution is 5.68. The fraction of sp³-hybridized carbons (Fsp3) is 0.600. The van der Waals surface area contributed by atoms with E-state index >= 15 is 0 Å². The van der Waals surface area contributed by atoms with Gasteiger partial charge in [0.05, 0.1) is 6.04 Å². The molecule has 0 spiro atoms. The SMILES string of the molecule is CC(C)(C)C1CNCCN1C(=O)OCc1ccncc1. The second-order valence-corrected chi connectivity index (χ2v) is 6.19. The van der Waals surface area contributed by atoms with E-state index in [1.165, 1.54) is 0 Å². The molecule has 1 atom stereocenters. The van der Waals surface area contributed by atoms with E-state index < -0.39 is 0 Å². The molecule has 1 aromatic rings. The van der Waals surface area contributed by atoms with Crippen LogP contribution in [0.3, 0.4) is 0 Å². The van der Waals surface area contributed by atoms with Gasteiger partial charge in [-0.15, -0.1) is 0 Å². The molecule has 1 aliphatic heterocycles. The molecule has 2 heterocycles. The molecule has 1 aliphatic rings. The number of pyridine rings is 1. The fourth-order valence-electron chi connectivity index (χ4n) is 2.40. The minimum atomic E-state index is -0.233. The zero-order chi connectivity index (χ0) is 14.6. The van der Waals surface area contributed by atoms with Gasteiger partial charge in [0.25, 0.3) is 0 Å². The molecule has 20 heavy (non-hydrogen) atoms. The maximum atomic E-state index is 12.3. The number of amides is 1. The number of hydrogen-bond donors (Lipinski definition) is 1. The summed E-state index contributed by atoms with van der Waals surface area (Å²) in [6.07, 6.45) is 3.17. The van der Waals surface area contributed by atoms with E-state index in [1.807, 2.05) is 17.0 Å². The van der Waals surface area contributed by atoms with Gasteiger partial charge in [0.15, 0.2) is 0 Å². The van der Waals surface area contributed by atoms with Gasteiger partial charge in [-0.2, -0.15) is 0 Å². The van der Waals surface area contributed by atoms with Gasteiger partial charge in [-0.05, 0) is 23.1 Å². The number of carbonyl (C=O) groups is 1. The third-order valence-corrected chi connectivity index (χ3v) is 3.59. The first-order chi connectivity index (χ1) is 9.48. The molecule has 0 aromatic carbocycles. The summed E-state index contributed by atoms with van der Waals surface area (Å²) in [6.45, 7) is 9.06. The Hall–Kier alpha value is -1.62. The zero-order valence-corrected chi connectivity index (χ0v) is 12.4. The lowest BCUT2D eigenvalue weighted by atomic mass is 9.85. The molecule has 2 rings (SSSR count). The van der Waals surface area contributed by atoms with Crippen LogP contribution in [0, 0.1) is 5.41 Å². The molecular weight excluding hydrogens is 254 g/mol. The second kappa shape index (κ2) is 6.22. The van der Waals surface area contributed by atoms with Crippen molar-refractivity contribution < 1.29 is 9.53 Å². The molecule has 0 saturated carbocycles. The van der Waals surface area contributed by atoms with Gasteiger partial charge in [-0.3, -0.25) is 4.98 Å². The molecule has 1 aromatic heterocycles. The van der Waals surface area contributed by atoms with E-state index in [0.29, 0.717) is 13.2 Å². The van der Waals surface area contributed by atoms with Crippen LogP contribution >= 0.6 is 0 Å². The topological polar surface area (TPSA) is 54.5 Å². The highest BCUT2D eigenvalue weighted by Crippen LogP contribution is 2.26. The monoisotopic (exact) mass is 277 g/mol. The average molecular weight is 277 g/mol. The Morgan fingerprint density at radius 1 is 1.45 bits per heavy atom. The van der Waals surface area contributed by atoms with Crippen molar-refractivity contribution in [3.63, 3.8) is 0 Å². The van der Waals surface area contributed by atoms with Gasteiger partial charge < -0.3 is 15.0 Å². The minimum absolute atomic E-state index is 0.0309. The molecule has 0 aliphatic carbocycles. The van der Waals surface area contributed by atoms with Crippen LogP contribution < -0.4 is 5.32 Å². The van der Waals surface area contributed by atoms with Crippen molar-refractivity contribution in [1.82, 2.24) is 15.2 Å². The third-order valence-electron chi connectivity index (χ3n) is 3.59. The predicted octanol–water partition coefficient (Wildman–Crippen LogP) is 2.04. The van der Waals surface area contributed by atoms with Gasteiger partial charge in [0.1, 0.15) is 6.61 Å². The van der Waals surface area contributed by atoms with Crippen molar-refractivity contribution in [2.24, 2.45) is 5.41 Å². The Morgan fingerprint density at radius 2 is 2.15 bits per heavy atom. The minimum Gasteiger partial charge on any atom is -0.445 e. The Kier molecular flexibility index (Phi) is 4.60. The first-order valence-electron chi connectivity index (χ1n) is 7.01. The zero-order valence-electron chi connectivity index (χ0n) is 12.4. The van der Waals surface area contributed by atoms with Crippen molar-refractivity contribution >= 4 is 6.09 Å². The molecule has 0 bridgehead atoms. The number of nitrogens with one attached hydrogen (secondary N) is 1. The van der Waals surface area contributed by atoms with Crippen molar-refractivity contribution in [2.75, 3.05) is 19.6 Å². The van der Waals surface area contributed by atoms with Crippen LogP contribution in [-0.2, 0) is 11.3 Å². The van der Waals surface area contributed by atoms with Crippen molar-refractivity contribution in [3.8, 4) is 0 Å². The normalized spacial score (nSPS) is 19.8. The molecule has 1 N–H and O–H groups in total. The summed E-state index contributed by atoms with van der Waals surface area (Å²) in [7, 11) is 0. The van der Waals surface area contributed by atoms with E-state index in [9.17, 15) is 4.79 Å². The Labute approximate surface area is 120 Å². The molecule has 1 amide bonds. The molecule has 1 unspecified atom stereocenters. The van der Waals surface area contributed by atoms with Crippen LogP contribution in [0.25, 0.3) is 0 Å². The van der Waals surface area contributed by atoms with Crippen LogP contribution in [0.5, 0.6) is 0 Å². The Balaban J connectivity index is 1.96. The molecule has 1 fully saturated rings. The summed E-state index contributed by atoms with van der Waals surface area (Å²) in [4.78, 5) is 18.1. The number of piperazine rings is 1. The van der Waals surface area contributed by atoms with E-state index in [0.717, 1.165) is 18.7 Å². The number of aromatic nitrogens is 1. The van der Waals surface area contributed by atoms with Crippen molar-refractivity contribution in [1.29, 1.82) is 0 Å². The summed E-state index contributed by atoms with van der Waals surface area (Å²) in [6, 6.07) is 3.86. The maximum Gasteiger partial charge on any atom is 0.410 e. The second-order valence-electron chi connectivity index (χ2n) is 6.19. The molecule has 5 nitrogen and oxygen atoms in total. The van der Waals surface area contributed by atoms with Gasteiger partial charge in [-0.1, -0.05) is 20.8 Å². The van der Waals surface area contributed by atoms with E-state index in [4.69, 9.17) is 4.74 Å². The predicted molar refractivity (Wildman–Crippen MR) is 77.2 cm³/mol. The number of hydrogen-bond acceptors (Lipinski definition) is 4. The summed E-state index contributed by atoms with van der Waals surface area (Å²) < 4.78 is 5.42. The lowest BCUT2D eigenvalue weighted by molar-refractivity contribution is 0.0412. The quantitative estimate of drug-likeness (QED) is 0.899. The number of carbonyl (C=O) groups excluding carboxylic acids is 1. The summed E-state index contributed by atoms with van der Waals surface area (Å²) in [5, 5.41) is 3.34. The third kappa shape index (κ3) is 3.70. The molecule has 1 saturated heterocycles. The van der Waals surface area contributed by atoms with Crippen LogP contribution in [0.4, 0.5) is 4.79 Å². The molecule has 110 valence electrons. The van der Waals surface area contributed by atoms with E-state index in [1.54, 1.807) is 12.4 Å². The standard InChI is InChI=1S/C15H23N3O2/c1-15(2,3)13-10-17-8-9-18(13)14(19)20-11-12-4-6-16-7-5-12/h4-7,13,17H,8-11H2,1-3H3. The summed E-state index contributed by atoms with van der Waals surface area (Å²) in [5.41, 5.74) is 0.985. The highest BCUT2D eigenvalue weighted by atomic mass is 16.6. The van der Waals surface area contributed by atoms with Crippen LogP contribution in [0.1, 0.15) is 26.3 Å². The van der Waals surface area contributed by atoms with E-state index in [2.05, 4.69) is 31.1 Å². The smallest absolute Gasteiger partial charge is 0.410 e. The highest BCUT2D eigenvalue weighted by Gasteiger charge is 2.35. The van der Waals surface area contributed by atoms with Gasteiger partial charge in [0.2, 0.25) is 0 Å². The van der Waals surface area contributed by atoms with Gasteiger partial charge in [-0.25, -0.2) is 4.79 Å². The first kappa shape index (κ1) is 14.8. The lowest BCUT2D eigenvalue weighted by Gasteiger charge is -2.42. The summed E-state index contributed by atoms with van der Waals surface area (Å²) >= 11 is 0. The first-order valence-corrected chi connectivity index (χ1v) is 7.01. The maximum absolute atomic E-state index is 12.3. The lowest BCUT2D eigenvalue weighted by Crippen LogP contribution is -2.58. The largest absolute Gasteiger partial charge is 0.445 e. The number of nitrogens with zero attached hydrogens (tertiary/aromatic N) is 2. The molecule has 5 heteroatoms. The molecule has 0 radical (unpaired) electrons. The van der Waals surface area contributed by atoms with Crippen LogP contribution in [0.15, 0.2) is 24.5 Å². The summed E-state index contributed by atoms with van der Waals surface area (Å²) in [5.74, 6) is 0. The fourth-order valence-corrected chi connectivity index (χ4v) is 2.40. The number of rotatable bonds is 2. The number of ether oxygens (including phenoxy) is 1. The Bertz CT molecular complexity index is 442. The van der Waals surface area contributed by atoms with Gasteiger partial charge in [0, 0.05) is 32.0 Å². The Morgan fingerprint density at radius 3 is 2.80 bits per heavy atom.